The Hall–Kier alpha value is -0.650. The number of nitrogens with zero attached hydrogens (tertiary/aromatic N) is 1. The Morgan fingerprint density at radius 3 is 2.83 bits per heavy atom. The minimum atomic E-state index is -0.0174. The van der Waals surface area contributed by atoms with Gasteiger partial charge in [0.05, 0.1) is 16.4 Å². The minimum absolute atomic E-state index is 0.0150. The van der Waals surface area contributed by atoms with Gasteiger partial charge in [-0.25, -0.2) is 4.98 Å². The van der Waals surface area contributed by atoms with Crippen LogP contribution in [-0.2, 0) is 4.79 Å². The van der Waals surface area contributed by atoms with E-state index in [9.17, 15) is 4.79 Å². The molecular formula is C12H15BrClN3O. The number of amides is 1. The van der Waals surface area contributed by atoms with Crippen molar-refractivity contribution < 1.29 is 4.79 Å². The van der Waals surface area contributed by atoms with Crippen molar-refractivity contribution in [1.82, 2.24) is 4.98 Å². The maximum atomic E-state index is 11.9. The summed E-state index contributed by atoms with van der Waals surface area (Å²) in [5, 5.41) is 3.20. The van der Waals surface area contributed by atoms with E-state index in [-0.39, 0.29) is 11.3 Å². The molecule has 0 unspecified atom stereocenters. The third kappa shape index (κ3) is 3.02. The fraction of sp³-hybridized carbons (Fsp3) is 0.500. The van der Waals surface area contributed by atoms with E-state index in [0.29, 0.717) is 28.3 Å². The second-order valence-electron chi connectivity index (χ2n) is 4.78. The Morgan fingerprint density at radius 2 is 2.33 bits per heavy atom. The van der Waals surface area contributed by atoms with E-state index in [1.54, 1.807) is 12.3 Å². The smallest absolute Gasteiger partial charge is 0.225 e. The number of nitrogens with one attached hydrogen (secondary N) is 1. The molecule has 2 rings (SSSR count). The van der Waals surface area contributed by atoms with E-state index in [1.165, 1.54) is 6.42 Å². The normalized spacial score (nSPS) is 17.1. The fourth-order valence-electron chi connectivity index (χ4n) is 2.17. The monoisotopic (exact) mass is 331 g/mol. The molecule has 1 aliphatic rings. The highest BCUT2D eigenvalue weighted by atomic mass is 79.9. The van der Waals surface area contributed by atoms with E-state index in [1.807, 2.05) is 0 Å². The van der Waals surface area contributed by atoms with Crippen LogP contribution in [0.5, 0.6) is 0 Å². The quantitative estimate of drug-likeness (QED) is 0.833. The largest absolute Gasteiger partial charge is 0.330 e. The number of anilines is 1. The van der Waals surface area contributed by atoms with Crippen molar-refractivity contribution in [3.8, 4) is 0 Å². The van der Waals surface area contributed by atoms with Crippen LogP contribution < -0.4 is 11.1 Å². The molecule has 0 bridgehead atoms. The number of nitrogens with two attached hydrogens (primary N) is 1. The van der Waals surface area contributed by atoms with Gasteiger partial charge in [-0.15, -0.1) is 0 Å². The maximum absolute atomic E-state index is 11.9. The van der Waals surface area contributed by atoms with Gasteiger partial charge < -0.3 is 11.1 Å². The SMILES string of the molecule is NCC1(CC(=O)Nc2cnc(Cl)c(Br)c2)CCC1. The summed E-state index contributed by atoms with van der Waals surface area (Å²) in [5.41, 5.74) is 6.39. The summed E-state index contributed by atoms with van der Waals surface area (Å²) in [6.07, 6.45) is 5.27. The molecule has 1 aliphatic carbocycles. The molecule has 1 saturated carbocycles. The fourth-order valence-corrected chi connectivity index (χ4v) is 2.62. The molecule has 0 saturated heterocycles. The van der Waals surface area contributed by atoms with E-state index >= 15 is 0 Å². The predicted octanol–water partition coefficient (Wildman–Crippen LogP) is 2.96. The molecule has 1 aromatic heterocycles. The van der Waals surface area contributed by atoms with E-state index in [4.69, 9.17) is 17.3 Å². The topological polar surface area (TPSA) is 68.0 Å². The zero-order chi connectivity index (χ0) is 13.2. The van der Waals surface area contributed by atoms with Gasteiger partial charge in [0.2, 0.25) is 5.91 Å². The molecule has 1 aromatic rings. The van der Waals surface area contributed by atoms with Crippen molar-refractivity contribution >= 4 is 39.1 Å². The number of carbonyl (C=O) groups excluding carboxylic acids is 1. The average Bonchev–Trinajstić information content (AvgIpc) is 2.29. The summed E-state index contributed by atoms with van der Waals surface area (Å²) in [6, 6.07) is 1.74. The van der Waals surface area contributed by atoms with Crippen LogP contribution in [0.4, 0.5) is 5.69 Å². The second-order valence-corrected chi connectivity index (χ2v) is 5.99. The number of aromatic nitrogens is 1. The summed E-state index contributed by atoms with van der Waals surface area (Å²) in [5.74, 6) is -0.0174. The lowest BCUT2D eigenvalue weighted by Crippen LogP contribution is -2.40. The van der Waals surface area contributed by atoms with E-state index < -0.39 is 0 Å². The van der Waals surface area contributed by atoms with Crippen molar-refractivity contribution in [1.29, 1.82) is 0 Å². The number of halogens is 2. The third-order valence-corrected chi connectivity index (χ3v) is 4.60. The van der Waals surface area contributed by atoms with Crippen LogP contribution in [0.15, 0.2) is 16.7 Å². The molecule has 1 heterocycles. The lowest BCUT2D eigenvalue weighted by atomic mass is 9.66. The number of hydrogen-bond donors (Lipinski definition) is 2. The average molecular weight is 333 g/mol. The molecule has 0 aromatic carbocycles. The molecule has 0 spiro atoms. The Labute approximate surface area is 119 Å². The van der Waals surface area contributed by atoms with Crippen LogP contribution in [0, 0.1) is 5.41 Å². The lowest BCUT2D eigenvalue weighted by molar-refractivity contribution is -0.119. The minimum Gasteiger partial charge on any atom is -0.330 e. The van der Waals surface area contributed by atoms with E-state index in [2.05, 4.69) is 26.2 Å². The van der Waals surface area contributed by atoms with Crippen LogP contribution >= 0.6 is 27.5 Å². The van der Waals surface area contributed by atoms with Gasteiger partial charge in [-0.3, -0.25) is 4.79 Å². The third-order valence-electron chi connectivity index (χ3n) is 3.46. The van der Waals surface area contributed by atoms with Gasteiger partial charge in [-0.05, 0) is 46.8 Å². The highest BCUT2D eigenvalue weighted by molar-refractivity contribution is 9.10. The number of rotatable bonds is 4. The number of hydrogen-bond acceptors (Lipinski definition) is 3. The first-order chi connectivity index (χ1) is 8.54. The molecule has 3 N–H and O–H groups in total. The highest BCUT2D eigenvalue weighted by Gasteiger charge is 2.37. The second kappa shape index (κ2) is 5.55. The van der Waals surface area contributed by atoms with Crippen molar-refractivity contribution in [2.24, 2.45) is 11.1 Å². The molecule has 4 nitrogen and oxygen atoms in total. The molecule has 0 atom stereocenters. The molecule has 6 heteroatoms. The zero-order valence-corrected chi connectivity index (χ0v) is 12.2. The lowest BCUT2D eigenvalue weighted by Gasteiger charge is -2.40. The number of carbonyl (C=O) groups is 1. The Kier molecular flexibility index (Phi) is 4.25. The van der Waals surface area contributed by atoms with Crippen molar-refractivity contribution in [3.05, 3.63) is 21.9 Å². The summed E-state index contributed by atoms with van der Waals surface area (Å²) in [4.78, 5) is 15.9. The van der Waals surface area contributed by atoms with Gasteiger partial charge in [0, 0.05) is 6.42 Å². The van der Waals surface area contributed by atoms with Gasteiger partial charge in [0.25, 0.3) is 0 Å². The summed E-state index contributed by atoms with van der Waals surface area (Å²) in [7, 11) is 0. The first-order valence-electron chi connectivity index (χ1n) is 5.86. The van der Waals surface area contributed by atoms with Crippen LogP contribution in [0.1, 0.15) is 25.7 Å². The standard InChI is InChI=1S/C12H15BrClN3O/c13-9-4-8(6-16-11(9)14)17-10(18)5-12(7-15)2-1-3-12/h4,6H,1-3,5,7,15H2,(H,17,18). The molecular weight excluding hydrogens is 318 g/mol. The predicted molar refractivity (Wildman–Crippen MR) is 75.5 cm³/mol. The van der Waals surface area contributed by atoms with Gasteiger partial charge in [-0.1, -0.05) is 18.0 Å². The van der Waals surface area contributed by atoms with Gasteiger partial charge in [0.15, 0.2) is 0 Å². The Morgan fingerprint density at radius 1 is 1.61 bits per heavy atom. The zero-order valence-electron chi connectivity index (χ0n) is 9.88. The first kappa shape index (κ1) is 13.8. The van der Waals surface area contributed by atoms with Crippen LogP contribution in [-0.4, -0.2) is 17.4 Å². The summed E-state index contributed by atoms with van der Waals surface area (Å²) < 4.78 is 0.666. The van der Waals surface area contributed by atoms with Crippen LogP contribution in [0.25, 0.3) is 0 Å². The molecule has 18 heavy (non-hydrogen) atoms. The highest BCUT2D eigenvalue weighted by Crippen LogP contribution is 2.43. The first-order valence-corrected chi connectivity index (χ1v) is 7.03. The van der Waals surface area contributed by atoms with Crippen molar-refractivity contribution in [3.63, 3.8) is 0 Å². The Balaban J connectivity index is 1.96. The molecule has 0 radical (unpaired) electrons. The molecule has 1 amide bonds. The van der Waals surface area contributed by atoms with Gasteiger partial charge in [-0.2, -0.15) is 0 Å². The van der Waals surface area contributed by atoms with Crippen LogP contribution in [0.2, 0.25) is 5.15 Å². The van der Waals surface area contributed by atoms with Gasteiger partial charge in [0.1, 0.15) is 5.15 Å². The van der Waals surface area contributed by atoms with E-state index in [0.717, 1.165) is 12.8 Å². The van der Waals surface area contributed by atoms with Crippen LogP contribution in [0.3, 0.4) is 0 Å². The number of pyridine rings is 1. The van der Waals surface area contributed by atoms with Crippen molar-refractivity contribution in [2.75, 3.05) is 11.9 Å². The summed E-state index contributed by atoms with van der Waals surface area (Å²) in [6.45, 7) is 0.572. The maximum Gasteiger partial charge on any atom is 0.225 e. The molecule has 1 fully saturated rings. The van der Waals surface area contributed by atoms with Gasteiger partial charge >= 0.3 is 0 Å². The Bertz CT molecular complexity index is 457. The van der Waals surface area contributed by atoms with Crippen molar-refractivity contribution in [2.45, 2.75) is 25.7 Å². The summed E-state index contributed by atoms with van der Waals surface area (Å²) >= 11 is 9.06. The molecule has 98 valence electrons. The molecule has 0 aliphatic heterocycles.